The highest BCUT2D eigenvalue weighted by Gasteiger charge is 2.27. The van der Waals surface area contributed by atoms with Gasteiger partial charge in [0.05, 0.1) is 6.61 Å². The van der Waals surface area contributed by atoms with Gasteiger partial charge in [0.1, 0.15) is 6.61 Å². The van der Waals surface area contributed by atoms with Gasteiger partial charge in [0, 0.05) is 0 Å². The third kappa shape index (κ3) is 3.32. The summed E-state index contributed by atoms with van der Waals surface area (Å²) in [6, 6.07) is 16.8. The van der Waals surface area contributed by atoms with Gasteiger partial charge in [-0.3, -0.25) is 9.63 Å². The van der Waals surface area contributed by atoms with E-state index in [-0.39, 0.29) is 12.5 Å². The van der Waals surface area contributed by atoms with E-state index in [0.717, 1.165) is 5.56 Å². The number of para-hydroxylation sites is 2. The zero-order chi connectivity index (χ0) is 14.5. The summed E-state index contributed by atoms with van der Waals surface area (Å²) in [4.78, 5) is 17.1. The van der Waals surface area contributed by atoms with Crippen molar-refractivity contribution in [2.24, 2.45) is 0 Å². The number of hydrogen-bond acceptors (Lipinski definition) is 4. The summed E-state index contributed by atoms with van der Waals surface area (Å²) < 4.78 is 11.1. The van der Waals surface area contributed by atoms with Crippen molar-refractivity contribution < 1.29 is 19.1 Å². The van der Waals surface area contributed by atoms with Crippen LogP contribution in [0.1, 0.15) is 5.56 Å². The van der Waals surface area contributed by atoms with Crippen molar-refractivity contribution in [1.82, 2.24) is 5.48 Å². The number of carbonyl (C=O) groups is 1. The molecule has 1 amide bonds. The van der Waals surface area contributed by atoms with E-state index in [2.05, 4.69) is 5.48 Å². The maximum Gasteiger partial charge on any atom is 0.288 e. The minimum Gasteiger partial charge on any atom is -0.485 e. The Hall–Kier alpha value is -2.53. The predicted octanol–water partition coefficient (Wildman–Crippen LogP) is 2.07. The number of benzene rings is 2. The molecule has 1 aliphatic heterocycles. The Bertz CT molecular complexity index is 615. The number of hydrogen-bond donors (Lipinski definition) is 1. The molecule has 1 atom stereocenters. The van der Waals surface area contributed by atoms with E-state index in [0.29, 0.717) is 18.1 Å². The van der Waals surface area contributed by atoms with Crippen LogP contribution in [-0.4, -0.2) is 18.6 Å². The minimum atomic E-state index is -0.712. The van der Waals surface area contributed by atoms with Crippen LogP contribution in [0, 0.1) is 0 Å². The van der Waals surface area contributed by atoms with Crippen LogP contribution in [0.15, 0.2) is 54.6 Å². The SMILES string of the molecule is O=C(NOCc1ccccc1)C1COc2ccccc2O1. The highest BCUT2D eigenvalue weighted by molar-refractivity contribution is 5.80. The number of nitrogens with one attached hydrogen (secondary N) is 1. The Labute approximate surface area is 122 Å². The summed E-state index contributed by atoms with van der Waals surface area (Å²) in [6.45, 7) is 0.467. The van der Waals surface area contributed by atoms with E-state index in [1.54, 1.807) is 12.1 Å². The summed E-state index contributed by atoms with van der Waals surface area (Å²) >= 11 is 0. The molecular weight excluding hydrogens is 270 g/mol. The first-order valence-electron chi connectivity index (χ1n) is 6.67. The molecule has 0 saturated heterocycles. The van der Waals surface area contributed by atoms with E-state index >= 15 is 0 Å². The van der Waals surface area contributed by atoms with Gasteiger partial charge < -0.3 is 9.47 Å². The molecule has 0 aromatic heterocycles. The first-order valence-corrected chi connectivity index (χ1v) is 6.67. The molecule has 3 rings (SSSR count). The summed E-state index contributed by atoms with van der Waals surface area (Å²) in [5.41, 5.74) is 3.36. The lowest BCUT2D eigenvalue weighted by Gasteiger charge is -2.25. The van der Waals surface area contributed by atoms with Gasteiger partial charge >= 0.3 is 0 Å². The Kier molecular flexibility index (Phi) is 4.02. The van der Waals surface area contributed by atoms with Crippen molar-refractivity contribution in [2.45, 2.75) is 12.7 Å². The van der Waals surface area contributed by atoms with Gasteiger partial charge in [0.15, 0.2) is 11.5 Å². The Balaban J connectivity index is 1.50. The fourth-order valence-electron chi connectivity index (χ4n) is 1.98. The largest absolute Gasteiger partial charge is 0.485 e. The number of carbonyl (C=O) groups excluding carboxylic acids is 1. The van der Waals surface area contributed by atoms with E-state index in [1.165, 1.54) is 0 Å². The van der Waals surface area contributed by atoms with Gasteiger partial charge in [-0.05, 0) is 17.7 Å². The van der Waals surface area contributed by atoms with Crippen molar-refractivity contribution in [1.29, 1.82) is 0 Å². The highest BCUT2D eigenvalue weighted by Crippen LogP contribution is 2.30. The first kappa shape index (κ1) is 13.5. The number of hydroxylamine groups is 1. The molecule has 5 heteroatoms. The van der Waals surface area contributed by atoms with Crippen LogP contribution in [0.3, 0.4) is 0 Å². The van der Waals surface area contributed by atoms with E-state index < -0.39 is 6.10 Å². The Morgan fingerprint density at radius 2 is 1.81 bits per heavy atom. The van der Waals surface area contributed by atoms with Gasteiger partial charge in [0.25, 0.3) is 5.91 Å². The van der Waals surface area contributed by atoms with Crippen LogP contribution in [0.2, 0.25) is 0 Å². The third-order valence-electron chi connectivity index (χ3n) is 3.06. The molecule has 1 N–H and O–H groups in total. The van der Waals surface area contributed by atoms with Crippen LogP contribution in [-0.2, 0) is 16.2 Å². The zero-order valence-electron chi connectivity index (χ0n) is 11.3. The van der Waals surface area contributed by atoms with Crippen LogP contribution in [0.5, 0.6) is 11.5 Å². The molecule has 1 heterocycles. The lowest BCUT2D eigenvalue weighted by Crippen LogP contribution is -2.43. The van der Waals surface area contributed by atoms with Gasteiger partial charge in [-0.1, -0.05) is 42.5 Å². The van der Waals surface area contributed by atoms with E-state index in [4.69, 9.17) is 14.3 Å². The zero-order valence-corrected chi connectivity index (χ0v) is 11.3. The molecule has 0 saturated carbocycles. The molecule has 1 aliphatic rings. The van der Waals surface area contributed by atoms with Crippen LogP contribution >= 0.6 is 0 Å². The molecule has 2 aromatic rings. The quantitative estimate of drug-likeness (QED) is 0.874. The van der Waals surface area contributed by atoms with Crippen LogP contribution in [0.4, 0.5) is 0 Å². The molecule has 0 radical (unpaired) electrons. The van der Waals surface area contributed by atoms with E-state index in [9.17, 15) is 4.79 Å². The minimum absolute atomic E-state index is 0.164. The van der Waals surface area contributed by atoms with Crippen molar-refractivity contribution in [3.8, 4) is 11.5 Å². The smallest absolute Gasteiger partial charge is 0.288 e. The molecular formula is C16H15NO4. The maximum atomic E-state index is 12.0. The molecule has 0 spiro atoms. The maximum absolute atomic E-state index is 12.0. The highest BCUT2D eigenvalue weighted by atomic mass is 16.7. The fourth-order valence-corrected chi connectivity index (χ4v) is 1.98. The average Bonchev–Trinajstić information content (AvgIpc) is 2.55. The number of ether oxygens (including phenoxy) is 2. The van der Waals surface area contributed by atoms with Crippen molar-refractivity contribution in [3.63, 3.8) is 0 Å². The van der Waals surface area contributed by atoms with Gasteiger partial charge in [0.2, 0.25) is 6.10 Å². The molecule has 0 fully saturated rings. The van der Waals surface area contributed by atoms with E-state index in [1.807, 2.05) is 42.5 Å². The second-order valence-corrected chi connectivity index (χ2v) is 4.60. The number of fused-ring (bicyclic) bond motifs is 1. The van der Waals surface area contributed by atoms with Crippen LogP contribution < -0.4 is 15.0 Å². The lowest BCUT2D eigenvalue weighted by atomic mass is 10.2. The molecule has 0 bridgehead atoms. The van der Waals surface area contributed by atoms with Crippen molar-refractivity contribution in [2.75, 3.05) is 6.61 Å². The Morgan fingerprint density at radius 3 is 2.62 bits per heavy atom. The number of amides is 1. The molecule has 1 unspecified atom stereocenters. The molecule has 0 aliphatic carbocycles. The average molecular weight is 285 g/mol. The fraction of sp³-hybridized carbons (Fsp3) is 0.188. The van der Waals surface area contributed by atoms with Crippen LogP contribution in [0.25, 0.3) is 0 Å². The van der Waals surface area contributed by atoms with Gasteiger partial charge in [-0.25, -0.2) is 5.48 Å². The number of rotatable bonds is 4. The summed E-state index contributed by atoms with van der Waals surface area (Å²) in [5.74, 6) is 0.846. The Morgan fingerprint density at radius 1 is 1.10 bits per heavy atom. The first-order chi connectivity index (χ1) is 10.3. The monoisotopic (exact) mass is 285 g/mol. The standard InChI is InChI=1S/C16H15NO4/c18-16(17-20-10-12-6-2-1-3-7-12)15-11-19-13-8-4-5-9-14(13)21-15/h1-9,15H,10-11H2,(H,17,18). The summed E-state index contributed by atoms with van der Waals surface area (Å²) in [7, 11) is 0. The normalized spacial score (nSPS) is 16.3. The second-order valence-electron chi connectivity index (χ2n) is 4.60. The van der Waals surface area contributed by atoms with Crippen molar-refractivity contribution >= 4 is 5.91 Å². The van der Waals surface area contributed by atoms with Crippen molar-refractivity contribution in [3.05, 3.63) is 60.2 Å². The summed E-state index contributed by atoms with van der Waals surface area (Å²) in [5, 5.41) is 0. The van der Waals surface area contributed by atoms with Gasteiger partial charge in [-0.2, -0.15) is 0 Å². The lowest BCUT2D eigenvalue weighted by molar-refractivity contribution is -0.144. The molecule has 5 nitrogen and oxygen atoms in total. The molecule has 108 valence electrons. The molecule has 21 heavy (non-hydrogen) atoms. The van der Waals surface area contributed by atoms with Gasteiger partial charge in [-0.15, -0.1) is 0 Å². The predicted molar refractivity (Wildman–Crippen MR) is 75.7 cm³/mol. The topological polar surface area (TPSA) is 56.8 Å². The molecule has 2 aromatic carbocycles. The summed E-state index contributed by atoms with van der Waals surface area (Å²) in [6.07, 6.45) is -0.712. The second kappa shape index (κ2) is 6.28. The third-order valence-corrected chi connectivity index (χ3v) is 3.06.